The van der Waals surface area contributed by atoms with Gasteiger partial charge in [-0.2, -0.15) is 22.7 Å². The van der Waals surface area contributed by atoms with E-state index in [4.69, 9.17) is 21.3 Å². The highest BCUT2D eigenvalue weighted by Crippen LogP contribution is 2.34. The molecule has 1 aliphatic heterocycles. The molecule has 1 aromatic carbocycles. The van der Waals surface area contributed by atoms with Gasteiger partial charge >= 0.3 is 6.18 Å². The molecule has 1 unspecified atom stereocenters. The van der Waals surface area contributed by atoms with Gasteiger partial charge in [-0.1, -0.05) is 29.8 Å². The number of carbonyl (C=O) groups is 2. The highest BCUT2D eigenvalue weighted by Gasteiger charge is 2.33. The Morgan fingerprint density at radius 3 is 2.55 bits per heavy atom. The molecule has 6 rings (SSSR count). The van der Waals surface area contributed by atoms with Gasteiger partial charge in [0.2, 0.25) is 17.4 Å². The Labute approximate surface area is 281 Å². The van der Waals surface area contributed by atoms with Gasteiger partial charge in [0, 0.05) is 33.3 Å². The largest absolute Gasteiger partial charge is 0.503 e. The molecule has 0 bridgehead atoms. The monoisotopic (exact) mass is 704 g/mol. The lowest BCUT2D eigenvalue weighted by atomic mass is 9.97. The second-order valence-electron chi connectivity index (χ2n) is 11.6. The summed E-state index contributed by atoms with van der Waals surface area (Å²) in [6.45, 7) is 2.29. The zero-order chi connectivity index (χ0) is 35.0. The third-order valence-electron chi connectivity index (χ3n) is 8.65. The Kier molecular flexibility index (Phi) is 9.39. The quantitative estimate of drug-likeness (QED) is 0.274. The molecule has 3 aromatic heterocycles. The van der Waals surface area contributed by atoms with Crippen molar-refractivity contribution in [1.29, 1.82) is 0 Å². The number of nitrogens with zero attached hydrogens (tertiary/aromatic N) is 7. The van der Waals surface area contributed by atoms with Crippen LogP contribution in [0.4, 0.5) is 24.5 Å². The summed E-state index contributed by atoms with van der Waals surface area (Å²) in [4.78, 5) is 48.5. The van der Waals surface area contributed by atoms with E-state index in [1.54, 1.807) is 16.6 Å². The Balaban J connectivity index is 1.36. The molecule has 1 fully saturated rings. The van der Waals surface area contributed by atoms with Gasteiger partial charge in [0.25, 0.3) is 11.5 Å². The van der Waals surface area contributed by atoms with Gasteiger partial charge in [0.05, 0.1) is 28.1 Å². The van der Waals surface area contributed by atoms with Gasteiger partial charge in [0.1, 0.15) is 12.2 Å². The predicted molar refractivity (Wildman–Crippen MR) is 171 cm³/mol. The number of alkyl halides is 3. The van der Waals surface area contributed by atoms with Crippen molar-refractivity contribution in [2.75, 3.05) is 43.5 Å². The number of ether oxygens (including phenoxy) is 1. The molecule has 14 nitrogen and oxygen atoms in total. The number of methoxy groups -OCH3 is 1. The van der Waals surface area contributed by atoms with Crippen molar-refractivity contribution in [3.05, 3.63) is 68.7 Å². The van der Waals surface area contributed by atoms with Crippen molar-refractivity contribution in [2.24, 2.45) is 0 Å². The van der Waals surface area contributed by atoms with Gasteiger partial charge in [-0.15, -0.1) is 5.10 Å². The van der Waals surface area contributed by atoms with Crippen LogP contribution in [0, 0.1) is 0 Å². The van der Waals surface area contributed by atoms with Crippen molar-refractivity contribution in [2.45, 2.75) is 51.4 Å². The minimum Gasteiger partial charge on any atom is -0.503 e. The SMILES string of the molecule is CCc1c(N2CCN(C(=O)c3nocc3O)CC2)c(=O)n2nc(C3=CCC(OC)CC3)nc2n1CC(=O)Nc1ccc(C(F)(F)F)cc1Cl. The number of carbonyl (C=O) groups excluding carboxylic acids is 2. The Hall–Kier alpha value is -4.90. The van der Waals surface area contributed by atoms with Crippen molar-refractivity contribution >= 4 is 46.1 Å². The van der Waals surface area contributed by atoms with Gasteiger partial charge in [-0.3, -0.25) is 14.4 Å². The van der Waals surface area contributed by atoms with E-state index in [9.17, 15) is 32.7 Å². The molecule has 4 aromatic rings. The predicted octanol–water partition coefficient (Wildman–Crippen LogP) is 4.00. The number of hydrogen-bond donors (Lipinski definition) is 2. The van der Waals surface area contributed by atoms with Gasteiger partial charge < -0.3 is 34.1 Å². The van der Waals surface area contributed by atoms with E-state index >= 15 is 0 Å². The van der Waals surface area contributed by atoms with E-state index in [-0.39, 0.29) is 72.4 Å². The number of benzene rings is 1. The molecule has 1 atom stereocenters. The Morgan fingerprint density at radius 1 is 1.20 bits per heavy atom. The van der Waals surface area contributed by atoms with Crippen LogP contribution in [0.2, 0.25) is 5.02 Å². The molecule has 49 heavy (non-hydrogen) atoms. The van der Waals surface area contributed by atoms with Crippen LogP contribution in [-0.2, 0) is 28.7 Å². The van der Waals surface area contributed by atoms with Crippen LogP contribution in [0.5, 0.6) is 5.75 Å². The van der Waals surface area contributed by atoms with E-state index in [1.165, 1.54) is 4.90 Å². The number of aromatic nitrogens is 5. The molecule has 0 spiro atoms. The average Bonchev–Trinajstić information content (AvgIpc) is 3.73. The molecule has 0 radical (unpaired) electrons. The summed E-state index contributed by atoms with van der Waals surface area (Å²) in [5, 5.41) is 20.3. The second-order valence-corrected chi connectivity index (χ2v) is 12.0. The zero-order valence-electron chi connectivity index (χ0n) is 26.5. The molecule has 1 aliphatic carbocycles. The number of piperazine rings is 1. The number of allylic oxidation sites excluding steroid dienone is 1. The normalized spacial score (nSPS) is 17.0. The van der Waals surface area contributed by atoms with E-state index in [2.05, 4.69) is 20.1 Å². The van der Waals surface area contributed by atoms with Crippen LogP contribution in [0.15, 0.2) is 39.9 Å². The second kappa shape index (κ2) is 13.5. The fourth-order valence-electron chi connectivity index (χ4n) is 6.08. The van der Waals surface area contributed by atoms with Crippen molar-refractivity contribution in [1.82, 2.24) is 29.2 Å². The van der Waals surface area contributed by atoms with Crippen LogP contribution in [0.3, 0.4) is 0 Å². The fraction of sp³-hybridized carbons (Fsp3) is 0.419. The lowest BCUT2D eigenvalue weighted by Crippen LogP contribution is -2.51. The topological polar surface area (TPSA) is 160 Å². The molecule has 2 N–H and O–H groups in total. The molecular weight excluding hydrogens is 673 g/mol. The summed E-state index contributed by atoms with van der Waals surface area (Å²) in [5.41, 5.74) is -0.0953. The minimum absolute atomic E-state index is 0.0174. The summed E-state index contributed by atoms with van der Waals surface area (Å²) >= 11 is 6.11. The number of aromatic hydroxyl groups is 1. The summed E-state index contributed by atoms with van der Waals surface area (Å²) in [5.74, 6) is -1.09. The maximum Gasteiger partial charge on any atom is 0.416 e. The fourth-order valence-corrected chi connectivity index (χ4v) is 6.31. The highest BCUT2D eigenvalue weighted by atomic mass is 35.5. The first kappa shape index (κ1) is 34.0. The van der Waals surface area contributed by atoms with Gasteiger partial charge in [0.15, 0.2) is 17.8 Å². The number of amides is 2. The van der Waals surface area contributed by atoms with E-state index in [1.807, 2.05) is 13.0 Å². The first-order valence-electron chi connectivity index (χ1n) is 15.5. The minimum atomic E-state index is -4.61. The van der Waals surface area contributed by atoms with Crippen LogP contribution >= 0.6 is 11.6 Å². The number of nitrogens with one attached hydrogen (secondary N) is 1. The molecule has 260 valence electrons. The first-order valence-corrected chi connectivity index (χ1v) is 15.9. The summed E-state index contributed by atoms with van der Waals surface area (Å²) in [7, 11) is 1.64. The molecule has 1 saturated heterocycles. The van der Waals surface area contributed by atoms with Crippen molar-refractivity contribution < 1.29 is 37.1 Å². The van der Waals surface area contributed by atoms with Crippen LogP contribution in [0.25, 0.3) is 11.4 Å². The average molecular weight is 705 g/mol. The first-order chi connectivity index (χ1) is 23.4. The smallest absolute Gasteiger partial charge is 0.416 e. The zero-order valence-corrected chi connectivity index (χ0v) is 27.2. The molecule has 18 heteroatoms. The summed E-state index contributed by atoms with van der Waals surface area (Å²) in [6, 6.07) is 2.63. The van der Waals surface area contributed by atoms with E-state index in [0.717, 1.165) is 41.0 Å². The Morgan fingerprint density at radius 2 is 1.96 bits per heavy atom. The third kappa shape index (κ3) is 6.72. The number of halogens is 4. The maximum absolute atomic E-state index is 14.2. The Bertz CT molecular complexity index is 2000. The van der Waals surface area contributed by atoms with E-state index in [0.29, 0.717) is 30.8 Å². The molecule has 2 aliphatic rings. The molecule has 0 saturated carbocycles. The van der Waals surface area contributed by atoms with E-state index < -0.39 is 29.1 Å². The summed E-state index contributed by atoms with van der Waals surface area (Å²) in [6.07, 6.45) is 0.649. The van der Waals surface area contributed by atoms with Crippen LogP contribution < -0.4 is 15.8 Å². The van der Waals surface area contributed by atoms with Crippen molar-refractivity contribution in [3.63, 3.8) is 0 Å². The van der Waals surface area contributed by atoms with Gasteiger partial charge in [-0.05, 0) is 49.5 Å². The summed E-state index contributed by atoms with van der Waals surface area (Å²) < 4.78 is 52.4. The lowest BCUT2D eigenvalue weighted by molar-refractivity contribution is -0.137. The van der Waals surface area contributed by atoms with Gasteiger partial charge in [-0.25, -0.2) is 0 Å². The standard InChI is InChI=1S/C31H32ClF3N8O6/c1-3-22-26(40-10-12-41(13-11-40)28(46)25-23(44)16-49-39-25)29(47)43-30(37-27(38-43)17-4-7-19(48-2)8-5-17)42(22)15-24(45)36-21-9-6-18(14-20(21)32)31(33,34)35/h4,6,9,14,16,19,44H,3,5,7-8,10-13,15H2,1-2H3,(H,36,45). The molecule has 2 amide bonds. The number of fused-ring (bicyclic) bond motifs is 1. The van der Waals surface area contributed by atoms with Crippen LogP contribution in [-0.4, -0.2) is 85.5 Å². The number of anilines is 2. The number of rotatable bonds is 8. The maximum atomic E-state index is 14.2. The lowest BCUT2D eigenvalue weighted by Gasteiger charge is -2.36. The third-order valence-corrected chi connectivity index (χ3v) is 8.97. The number of hydrogen-bond acceptors (Lipinski definition) is 10. The van der Waals surface area contributed by atoms with Crippen molar-refractivity contribution in [3.8, 4) is 5.75 Å². The van der Waals surface area contributed by atoms with Crippen LogP contribution in [0.1, 0.15) is 53.8 Å². The molecule has 4 heterocycles. The highest BCUT2D eigenvalue weighted by molar-refractivity contribution is 6.33. The molecular formula is C31H32ClF3N8O6.